The molecule has 3 rings (SSSR count). The first-order chi connectivity index (χ1) is 10.6. The Bertz CT molecular complexity index is 518. The average molecular weight is 310 g/mol. The molecule has 1 aromatic carbocycles. The SMILES string of the molecule is Cc1ccc(C2CCC(C3CCC(C)CC3)OC2)c(F)c1F.[HH]. The van der Waals surface area contributed by atoms with E-state index in [1.807, 2.05) is 0 Å². The summed E-state index contributed by atoms with van der Waals surface area (Å²) in [5.41, 5.74) is 0.853. The Morgan fingerprint density at radius 2 is 1.73 bits per heavy atom. The number of aryl methyl sites for hydroxylation is 1. The van der Waals surface area contributed by atoms with Crippen LogP contribution in [-0.2, 0) is 4.74 Å². The molecule has 0 radical (unpaired) electrons. The van der Waals surface area contributed by atoms with E-state index in [1.54, 1.807) is 19.1 Å². The van der Waals surface area contributed by atoms with Crippen LogP contribution in [0.4, 0.5) is 8.78 Å². The maximum absolute atomic E-state index is 14.1. The molecule has 2 aliphatic rings. The fraction of sp³-hybridized carbons (Fsp3) is 0.684. The molecule has 1 aliphatic heterocycles. The van der Waals surface area contributed by atoms with Crippen LogP contribution in [0, 0.1) is 30.4 Å². The van der Waals surface area contributed by atoms with Gasteiger partial charge in [0.25, 0.3) is 0 Å². The van der Waals surface area contributed by atoms with Crippen LogP contribution in [0.2, 0.25) is 0 Å². The lowest BCUT2D eigenvalue weighted by Crippen LogP contribution is -2.33. The van der Waals surface area contributed by atoms with E-state index >= 15 is 0 Å². The Morgan fingerprint density at radius 3 is 2.36 bits per heavy atom. The maximum Gasteiger partial charge on any atom is 0.162 e. The normalized spacial score (nSPS) is 32.9. The summed E-state index contributed by atoms with van der Waals surface area (Å²) >= 11 is 0. The zero-order valence-electron chi connectivity index (χ0n) is 13.6. The van der Waals surface area contributed by atoms with Gasteiger partial charge >= 0.3 is 0 Å². The number of halogens is 2. The van der Waals surface area contributed by atoms with Crippen molar-refractivity contribution >= 4 is 0 Å². The van der Waals surface area contributed by atoms with Crippen LogP contribution in [0.1, 0.15) is 63.9 Å². The van der Waals surface area contributed by atoms with Gasteiger partial charge in [0, 0.05) is 7.34 Å². The Balaban J connectivity index is 0.00000192. The van der Waals surface area contributed by atoms with Crippen LogP contribution in [0.5, 0.6) is 0 Å². The second kappa shape index (κ2) is 6.66. The van der Waals surface area contributed by atoms with E-state index in [-0.39, 0.29) is 7.34 Å². The summed E-state index contributed by atoms with van der Waals surface area (Å²) in [7, 11) is 0. The zero-order chi connectivity index (χ0) is 15.7. The van der Waals surface area contributed by atoms with Gasteiger partial charge in [-0.3, -0.25) is 0 Å². The van der Waals surface area contributed by atoms with Gasteiger partial charge in [0.15, 0.2) is 11.6 Å². The first-order valence-electron chi connectivity index (χ1n) is 8.62. The number of hydrogen-bond donors (Lipinski definition) is 0. The van der Waals surface area contributed by atoms with Crippen molar-refractivity contribution in [2.24, 2.45) is 11.8 Å². The Hall–Kier alpha value is -0.960. The second-order valence-electron chi connectivity index (χ2n) is 7.27. The smallest absolute Gasteiger partial charge is 0.162 e. The molecule has 2 unspecified atom stereocenters. The van der Waals surface area contributed by atoms with Gasteiger partial charge < -0.3 is 4.74 Å². The van der Waals surface area contributed by atoms with E-state index in [0.29, 0.717) is 29.8 Å². The average Bonchev–Trinajstić information content (AvgIpc) is 2.54. The molecule has 0 amide bonds. The predicted molar refractivity (Wildman–Crippen MR) is 86.0 cm³/mol. The highest BCUT2D eigenvalue weighted by Crippen LogP contribution is 2.38. The first-order valence-corrected chi connectivity index (χ1v) is 8.62. The Kier molecular flexibility index (Phi) is 4.82. The molecule has 0 bridgehead atoms. The van der Waals surface area contributed by atoms with E-state index in [0.717, 1.165) is 18.8 Å². The van der Waals surface area contributed by atoms with Crippen LogP contribution in [0.3, 0.4) is 0 Å². The molecule has 1 aliphatic carbocycles. The van der Waals surface area contributed by atoms with Gasteiger partial charge in [-0.05, 0) is 55.6 Å². The van der Waals surface area contributed by atoms with Crippen molar-refractivity contribution in [3.8, 4) is 0 Å². The molecule has 1 aromatic rings. The molecular weight excluding hydrogens is 282 g/mol. The molecule has 3 heteroatoms. The van der Waals surface area contributed by atoms with Crippen LogP contribution >= 0.6 is 0 Å². The van der Waals surface area contributed by atoms with E-state index in [2.05, 4.69) is 6.92 Å². The summed E-state index contributed by atoms with van der Waals surface area (Å²) in [6.07, 6.45) is 7.29. The Morgan fingerprint density at radius 1 is 1.00 bits per heavy atom. The van der Waals surface area contributed by atoms with E-state index in [4.69, 9.17) is 4.74 Å². The highest BCUT2D eigenvalue weighted by atomic mass is 19.2. The van der Waals surface area contributed by atoms with Crippen LogP contribution in [0.25, 0.3) is 0 Å². The highest BCUT2D eigenvalue weighted by Gasteiger charge is 2.32. The first kappa shape index (κ1) is 15.9. The lowest BCUT2D eigenvalue weighted by Gasteiger charge is -2.37. The fourth-order valence-corrected chi connectivity index (χ4v) is 4.02. The molecule has 124 valence electrons. The minimum absolute atomic E-state index is 0. The van der Waals surface area contributed by atoms with Gasteiger partial charge in [0.1, 0.15) is 0 Å². The van der Waals surface area contributed by atoms with E-state index in [9.17, 15) is 8.78 Å². The molecule has 2 fully saturated rings. The lowest BCUT2D eigenvalue weighted by molar-refractivity contribution is -0.0432. The topological polar surface area (TPSA) is 9.23 Å². The number of ether oxygens (including phenoxy) is 1. The number of hydrogen-bond acceptors (Lipinski definition) is 1. The van der Waals surface area contributed by atoms with Crippen molar-refractivity contribution in [2.75, 3.05) is 6.61 Å². The molecule has 1 saturated carbocycles. The molecule has 1 saturated heterocycles. The van der Waals surface area contributed by atoms with Crippen LogP contribution < -0.4 is 0 Å². The standard InChI is InChI=1S/C19H26F2O.H2/c1-12-3-6-14(7-4-12)17-10-8-15(11-22-17)16-9-5-13(2)18(20)19(16)21;/h5,9,12,14-15,17H,3-4,6-8,10-11H2,1-2H3;1H. The molecule has 2 atom stereocenters. The van der Waals surface area contributed by atoms with Crippen LogP contribution in [0.15, 0.2) is 12.1 Å². The van der Waals surface area contributed by atoms with Crippen molar-refractivity contribution in [3.05, 3.63) is 34.9 Å². The maximum atomic E-state index is 14.1. The fourth-order valence-electron chi connectivity index (χ4n) is 4.02. The number of rotatable bonds is 2. The molecular formula is C19H28F2O. The van der Waals surface area contributed by atoms with Gasteiger partial charge in [-0.2, -0.15) is 0 Å². The van der Waals surface area contributed by atoms with Gasteiger partial charge in [0.2, 0.25) is 0 Å². The van der Waals surface area contributed by atoms with Crippen molar-refractivity contribution < 1.29 is 14.9 Å². The number of benzene rings is 1. The second-order valence-corrected chi connectivity index (χ2v) is 7.27. The van der Waals surface area contributed by atoms with Crippen molar-refractivity contribution in [2.45, 2.75) is 64.4 Å². The van der Waals surface area contributed by atoms with E-state index < -0.39 is 11.6 Å². The molecule has 0 aromatic heterocycles. The highest BCUT2D eigenvalue weighted by molar-refractivity contribution is 5.28. The third-order valence-electron chi connectivity index (χ3n) is 5.64. The summed E-state index contributed by atoms with van der Waals surface area (Å²) in [6, 6.07) is 3.40. The van der Waals surface area contributed by atoms with Gasteiger partial charge in [-0.1, -0.05) is 31.9 Å². The predicted octanol–water partition coefficient (Wildman–Crippen LogP) is 5.61. The summed E-state index contributed by atoms with van der Waals surface area (Å²) in [6.45, 7) is 4.44. The van der Waals surface area contributed by atoms with Gasteiger partial charge in [-0.25, -0.2) is 8.78 Å². The monoisotopic (exact) mass is 310 g/mol. The van der Waals surface area contributed by atoms with Gasteiger partial charge in [-0.15, -0.1) is 0 Å². The lowest BCUT2D eigenvalue weighted by atomic mass is 9.77. The molecule has 0 N–H and O–H groups in total. The van der Waals surface area contributed by atoms with Gasteiger partial charge in [0.05, 0.1) is 12.7 Å². The summed E-state index contributed by atoms with van der Waals surface area (Å²) < 4.78 is 33.9. The summed E-state index contributed by atoms with van der Waals surface area (Å²) in [5, 5.41) is 0. The minimum Gasteiger partial charge on any atom is -0.377 e. The third-order valence-corrected chi connectivity index (χ3v) is 5.64. The van der Waals surface area contributed by atoms with Crippen molar-refractivity contribution in [1.82, 2.24) is 0 Å². The summed E-state index contributed by atoms with van der Waals surface area (Å²) in [5.74, 6) is 0.113. The molecule has 22 heavy (non-hydrogen) atoms. The van der Waals surface area contributed by atoms with Crippen molar-refractivity contribution in [1.29, 1.82) is 0 Å². The zero-order valence-corrected chi connectivity index (χ0v) is 13.6. The Labute approximate surface area is 133 Å². The third kappa shape index (κ3) is 3.19. The molecule has 1 heterocycles. The minimum atomic E-state index is -0.708. The summed E-state index contributed by atoms with van der Waals surface area (Å²) in [4.78, 5) is 0. The molecule has 0 spiro atoms. The van der Waals surface area contributed by atoms with E-state index in [1.165, 1.54) is 25.7 Å². The van der Waals surface area contributed by atoms with Crippen molar-refractivity contribution in [3.63, 3.8) is 0 Å². The molecule has 1 nitrogen and oxygen atoms in total. The largest absolute Gasteiger partial charge is 0.377 e. The quantitative estimate of drug-likeness (QED) is 0.690. The van der Waals surface area contributed by atoms with Crippen LogP contribution in [-0.4, -0.2) is 12.7 Å².